The zero-order chi connectivity index (χ0) is 19.0. The zero-order valence-corrected chi connectivity index (χ0v) is 15.8. The van der Waals surface area contributed by atoms with Gasteiger partial charge in [0, 0.05) is 38.5 Å². The van der Waals surface area contributed by atoms with Crippen LogP contribution in [0.15, 0.2) is 4.79 Å². The van der Waals surface area contributed by atoms with E-state index in [2.05, 4.69) is 25.7 Å². The van der Waals surface area contributed by atoms with Crippen molar-refractivity contribution in [3.05, 3.63) is 16.3 Å². The Morgan fingerprint density at radius 3 is 2.85 bits per heavy atom. The van der Waals surface area contributed by atoms with Crippen LogP contribution in [0.3, 0.4) is 0 Å². The molecule has 9 heteroatoms. The molecule has 0 unspecified atom stereocenters. The average molecular weight is 376 g/mol. The van der Waals surface area contributed by atoms with Crippen molar-refractivity contribution in [2.45, 2.75) is 56.5 Å². The summed E-state index contributed by atoms with van der Waals surface area (Å²) < 4.78 is 1.45. The second-order valence-corrected chi connectivity index (χ2v) is 8.13. The van der Waals surface area contributed by atoms with Gasteiger partial charge in [0.25, 0.3) is 0 Å². The van der Waals surface area contributed by atoms with Gasteiger partial charge in [-0.05, 0) is 45.1 Å². The minimum Gasteiger partial charge on any atom is -0.354 e. The number of aromatic nitrogens is 3. The maximum atomic E-state index is 13.1. The molecule has 1 aliphatic carbocycles. The van der Waals surface area contributed by atoms with Gasteiger partial charge in [0.05, 0.1) is 0 Å². The number of fused-ring (bicyclic) bond motifs is 1. The molecule has 0 bridgehead atoms. The van der Waals surface area contributed by atoms with E-state index in [1.807, 2.05) is 0 Å². The van der Waals surface area contributed by atoms with Crippen LogP contribution in [0, 0.1) is 5.92 Å². The third-order valence-corrected chi connectivity index (χ3v) is 6.22. The van der Waals surface area contributed by atoms with E-state index < -0.39 is 5.54 Å². The van der Waals surface area contributed by atoms with E-state index in [-0.39, 0.29) is 29.5 Å². The van der Waals surface area contributed by atoms with Crippen LogP contribution >= 0.6 is 0 Å². The molecule has 3 heterocycles. The van der Waals surface area contributed by atoms with Crippen molar-refractivity contribution in [2.75, 3.05) is 19.6 Å². The number of carbonyl (C=O) groups is 2. The second kappa shape index (κ2) is 7.10. The van der Waals surface area contributed by atoms with E-state index in [0.29, 0.717) is 25.2 Å². The lowest BCUT2D eigenvalue weighted by Crippen LogP contribution is -2.57. The molecule has 27 heavy (non-hydrogen) atoms. The van der Waals surface area contributed by atoms with Crippen LogP contribution in [0.4, 0.5) is 0 Å². The summed E-state index contributed by atoms with van der Waals surface area (Å²) in [4.78, 5) is 38.9. The molecule has 9 nitrogen and oxygen atoms in total. The highest BCUT2D eigenvalue weighted by atomic mass is 16.2. The second-order valence-electron chi connectivity index (χ2n) is 8.13. The molecular weight excluding hydrogens is 348 g/mol. The summed E-state index contributed by atoms with van der Waals surface area (Å²) in [6.07, 6.45) is 6.11. The summed E-state index contributed by atoms with van der Waals surface area (Å²) in [7, 11) is 1.66. The predicted octanol–water partition coefficient (Wildman–Crippen LogP) is -0.710. The molecule has 3 fully saturated rings. The molecule has 4 rings (SSSR count). The first-order valence-electron chi connectivity index (χ1n) is 9.93. The average Bonchev–Trinajstić information content (AvgIpc) is 3.37. The normalized spacial score (nSPS) is 28.0. The fourth-order valence-corrected chi connectivity index (χ4v) is 4.49. The van der Waals surface area contributed by atoms with Gasteiger partial charge in [0.15, 0.2) is 0 Å². The fraction of sp³-hybridized carbons (Fsp3) is 0.778. The number of nitrogens with zero attached hydrogens (tertiary/aromatic N) is 3. The van der Waals surface area contributed by atoms with Crippen molar-refractivity contribution in [3.63, 3.8) is 0 Å². The van der Waals surface area contributed by atoms with Crippen LogP contribution in [0.5, 0.6) is 0 Å². The predicted molar refractivity (Wildman–Crippen MR) is 98.0 cm³/mol. The standard InChI is InChI=1S/C18H28N6O3/c1-23-14(21-22-17(23)27)6-8-19-16(26)18-7-2-3-9-24(18)11-13(10-18)20-15(25)12-4-5-12/h12-13H,2-11H2,1H3,(H,19,26)(H,20,25)(H,22,27)/t13-,18-/m0/s1. The number of piperidine rings is 1. The summed E-state index contributed by atoms with van der Waals surface area (Å²) in [6, 6.07) is 0.0501. The third-order valence-electron chi connectivity index (χ3n) is 6.22. The molecule has 3 N–H and O–H groups in total. The molecule has 0 radical (unpaired) electrons. The fourth-order valence-electron chi connectivity index (χ4n) is 4.49. The molecule has 1 saturated carbocycles. The molecule has 2 amide bonds. The Hall–Kier alpha value is -2.16. The van der Waals surface area contributed by atoms with Crippen molar-refractivity contribution < 1.29 is 9.59 Å². The Balaban J connectivity index is 1.38. The van der Waals surface area contributed by atoms with Gasteiger partial charge in [-0.25, -0.2) is 9.89 Å². The molecule has 2 aliphatic heterocycles. The Bertz CT molecular complexity index is 782. The Morgan fingerprint density at radius 2 is 2.15 bits per heavy atom. The molecule has 2 saturated heterocycles. The number of aromatic amines is 1. The van der Waals surface area contributed by atoms with Crippen molar-refractivity contribution in [1.29, 1.82) is 0 Å². The van der Waals surface area contributed by atoms with Gasteiger partial charge in [-0.15, -0.1) is 0 Å². The first-order chi connectivity index (χ1) is 13.0. The summed E-state index contributed by atoms with van der Waals surface area (Å²) in [5, 5.41) is 12.6. The highest BCUT2D eigenvalue weighted by Crippen LogP contribution is 2.38. The Morgan fingerprint density at radius 1 is 1.33 bits per heavy atom. The van der Waals surface area contributed by atoms with Gasteiger partial charge in [0.1, 0.15) is 11.4 Å². The molecular formula is C18H28N6O3. The van der Waals surface area contributed by atoms with Gasteiger partial charge in [-0.1, -0.05) is 0 Å². The van der Waals surface area contributed by atoms with Crippen LogP contribution in [0.1, 0.15) is 44.3 Å². The van der Waals surface area contributed by atoms with E-state index >= 15 is 0 Å². The number of nitrogens with one attached hydrogen (secondary N) is 3. The number of amides is 2. The maximum Gasteiger partial charge on any atom is 0.343 e. The van der Waals surface area contributed by atoms with Crippen molar-refractivity contribution in [2.24, 2.45) is 13.0 Å². The summed E-state index contributed by atoms with van der Waals surface area (Å²) >= 11 is 0. The lowest BCUT2D eigenvalue weighted by Gasteiger charge is -2.40. The third kappa shape index (κ3) is 3.52. The molecule has 148 valence electrons. The molecule has 0 aromatic carbocycles. The SMILES string of the molecule is Cn1c(CCNC(=O)[C@@]23CCCCN2C[C@@H](NC(=O)C2CC2)C3)n[nH]c1=O. The minimum atomic E-state index is -0.517. The summed E-state index contributed by atoms with van der Waals surface area (Å²) in [5.74, 6) is 0.993. The molecule has 2 atom stereocenters. The highest BCUT2D eigenvalue weighted by molar-refractivity contribution is 5.87. The van der Waals surface area contributed by atoms with Crippen LogP contribution in [-0.2, 0) is 23.1 Å². The monoisotopic (exact) mass is 376 g/mol. The van der Waals surface area contributed by atoms with Gasteiger partial charge < -0.3 is 10.6 Å². The van der Waals surface area contributed by atoms with E-state index in [4.69, 9.17) is 0 Å². The van der Waals surface area contributed by atoms with Crippen molar-refractivity contribution in [1.82, 2.24) is 30.3 Å². The molecule has 3 aliphatic rings. The van der Waals surface area contributed by atoms with Crippen LogP contribution < -0.4 is 16.3 Å². The van der Waals surface area contributed by atoms with Crippen molar-refractivity contribution in [3.8, 4) is 0 Å². The number of rotatable bonds is 6. The van der Waals surface area contributed by atoms with Gasteiger partial charge in [-0.2, -0.15) is 5.10 Å². The minimum absolute atomic E-state index is 0.0332. The van der Waals surface area contributed by atoms with E-state index in [1.165, 1.54) is 4.57 Å². The van der Waals surface area contributed by atoms with Gasteiger partial charge >= 0.3 is 5.69 Å². The van der Waals surface area contributed by atoms with E-state index in [9.17, 15) is 14.4 Å². The number of hydrogen-bond acceptors (Lipinski definition) is 5. The van der Waals surface area contributed by atoms with Crippen molar-refractivity contribution >= 4 is 11.8 Å². The van der Waals surface area contributed by atoms with Crippen LogP contribution in [0.2, 0.25) is 0 Å². The number of hydrogen-bond donors (Lipinski definition) is 3. The zero-order valence-electron chi connectivity index (χ0n) is 15.8. The summed E-state index contributed by atoms with van der Waals surface area (Å²) in [5.41, 5.74) is -0.768. The molecule has 1 aromatic rings. The topological polar surface area (TPSA) is 112 Å². The van der Waals surface area contributed by atoms with Crippen LogP contribution in [-0.4, -0.2) is 62.7 Å². The number of carbonyl (C=O) groups excluding carboxylic acids is 2. The lowest BCUT2D eigenvalue weighted by molar-refractivity contribution is -0.134. The van der Waals surface area contributed by atoms with E-state index in [1.54, 1.807) is 7.05 Å². The molecule has 1 aromatic heterocycles. The maximum absolute atomic E-state index is 13.1. The Kier molecular flexibility index (Phi) is 4.79. The Labute approximate surface area is 157 Å². The first-order valence-corrected chi connectivity index (χ1v) is 9.93. The molecule has 0 spiro atoms. The number of H-pyrrole nitrogens is 1. The van der Waals surface area contributed by atoms with E-state index in [0.717, 1.165) is 45.2 Å². The van der Waals surface area contributed by atoms with Crippen LogP contribution in [0.25, 0.3) is 0 Å². The highest BCUT2D eigenvalue weighted by Gasteiger charge is 2.52. The largest absolute Gasteiger partial charge is 0.354 e. The smallest absolute Gasteiger partial charge is 0.343 e. The quantitative estimate of drug-likeness (QED) is 0.607. The lowest BCUT2D eigenvalue weighted by atomic mass is 9.84. The summed E-state index contributed by atoms with van der Waals surface area (Å²) in [6.45, 7) is 2.09. The van der Waals surface area contributed by atoms with Gasteiger partial charge in [-0.3, -0.25) is 19.1 Å². The first kappa shape index (κ1) is 18.2. The van der Waals surface area contributed by atoms with Gasteiger partial charge in [0.2, 0.25) is 11.8 Å².